The molecule has 0 fully saturated rings. The van der Waals surface area contributed by atoms with Crippen LogP contribution in [-0.2, 0) is 13.1 Å². The minimum absolute atomic E-state index is 0.697. The molecule has 0 atom stereocenters. The molecular formula is C16H14BrN3O. The van der Waals surface area contributed by atoms with Gasteiger partial charge in [0.15, 0.2) is 4.67 Å². The summed E-state index contributed by atoms with van der Waals surface area (Å²) in [5.41, 5.74) is 2.71. The molecule has 0 aromatic carbocycles. The van der Waals surface area contributed by atoms with Gasteiger partial charge in [-0.1, -0.05) is 6.07 Å². The second-order valence-electron chi connectivity index (χ2n) is 5.01. The summed E-state index contributed by atoms with van der Waals surface area (Å²) in [6.45, 7) is 1.39. The number of furan rings is 1. The molecule has 3 aromatic heterocycles. The van der Waals surface area contributed by atoms with E-state index in [-0.39, 0.29) is 0 Å². The van der Waals surface area contributed by atoms with Gasteiger partial charge >= 0.3 is 0 Å². The first-order chi connectivity index (χ1) is 10.2. The Morgan fingerprint density at radius 2 is 2.14 bits per heavy atom. The normalized spacial score (nSPS) is 11.1. The zero-order chi connectivity index (χ0) is 14.8. The Labute approximate surface area is 131 Å². The van der Waals surface area contributed by atoms with Gasteiger partial charge in [0.2, 0.25) is 0 Å². The maximum atomic E-state index is 9.40. The fourth-order valence-electron chi connectivity index (χ4n) is 2.48. The first-order valence-corrected chi connectivity index (χ1v) is 7.38. The Kier molecular flexibility index (Phi) is 3.82. The molecule has 5 heteroatoms. The summed E-state index contributed by atoms with van der Waals surface area (Å²) in [5, 5.41) is 9.40. The summed E-state index contributed by atoms with van der Waals surface area (Å²) >= 11 is 3.30. The molecule has 3 aromatic rings. The Hall–Kier alpha value is -2.03. The molecule has 4 nitrogen and oxygen atoms in total. The topological polar surface area (TPSA) is 44.6 Å². The summed E-state index contributed by atoms with van der Waals surface area (Å²) in [5.74, 6) is 0.895. The van der Waals surface area contributed by atoms with Gasteiger partial charge in [-0.15, -0.1) is 0 Å². The second kappa shape index (κ2) is 5.76. The van der Waals surface area contributed by atoms with E-state index in [0.29, 0.717) is 13.1 Å². The molecule has 0 saturated carbocycles. The lowest BCUT2D eigenvalue weighted by atomic mass is 10.1. The molecule has 3 rings (SSSR count). The van der Waals surface area contributed by atoms with Gasteiger partial charge in [-0.2, -0.15) is 5.26 Å². The molecule has 0 amide bonds. The number of hydrogen-bond donors (Lipinski definition) is 0. The van der Waals surface area contributed by atoms with Gasteiger partial charge < -0.3 is 8.82 Å². The quantitative estimate of drug-likeness (QED) is 0.723. The lowest BCUT2D eigenvalue weighted by molar-refractivity contribution is 0.285. The highest BCUT2D eigenvalue weighted by Crippen LogP contribution is 2.20. The SMILES string of the molecule is CN(Cc1ccc(Br)o1)Cc1cn2ccccc2c1C#N. The van der Waals surface area contributed by atoms with Crippen LogP contribution >= 0.6 is 15.9 Å². The summed E-state index contributed by atoms with van der Waals surface area (Å²) in [4.78, 5) is 2.13. The Morgan fingerprint density at radius 3 is 2.86 bits per heavy atom. The van der Waals surface area contributed by atoms with E-state index in [1.54, 1.807) is 0 Å². The van der Waals surface area contributed by atoms with E-state index in [1.807, 2.05) is 54.2 Å². The van der Waals surface area contributed by atoms with Crippen molar-refractivity contribution in [2.75, 3.05) is 7.05 Å². The predicted molar refractivity (Wildman–Crippen MR) is 83.7 cm³/mol. The van der Waals surface area contributed by atoms with Crippen LogP contribution in [0.3, 0.4) is 0 Å². The van der Waals surface area contributed by atoms with Crippen molar-refractivity contribution >= 4 is 21.4 Å². The van der Waals surface area contributed by atoms with E-state index in [9.17, 15) is 5.26 Å². The van der Waals surface area contributed by atoms with Crippen LogP contribution in [0.5, 0.6) is 0 Å². The third-order valence-corrected chi connectivity index (χ3v) is 3.80. The first kappa shape index (κ1) is 13.9. The van der Waals surface area contributed by atoms with Crippen LogP contribution < -0.4 is 0 Å². The van der Waals surface area contributed by atoms with E-state index in [1.165, 1.54) is 0 Å². The van der Waals surface area contributed by atoms with E-state index in [4.69, 9.17) is 4.42 Å². The van der Waals surface area contributed by atoms with Crippen LogP contribution in [0.15, 0.2) is 51.8 Å². The molecule has 0 N–H and O–H groups in total. The first-order valence-electron chi connectivity index (χ1n) is 6.59. The Morgan fingerprint density at radius 1 is 1.29 bits per heavy atom. The van der Waals surface area contributed by atoms with E-state index in [0.717, 1.165) is 27.1 Å². The van der Waals surface area contributed by atoms with Crippen molar-refractivity contribution in [3.8, 4) is 6.07 Å². The van der Waals surface area contributed by atoms with Gasteiger partial charge in [0, 0.05) is 24.5 Å². The minimum atomic E-state index is 0.697. The van der Waals surface area contributed by atoms with Crippen molar-refractivity contribution in [3.05, 3.63) is 64.3 Å². The fraction of sp³-hybridized carbons (Fsp3) is 0.188. The van der Waals surface area contributed by atoms with Crippen LogP contribution in [0.25, 0.3) is 5.52 Å². The van der Waals surface area contributed by atoms with Crippen molar-refractivity contribution in [2.24, 2.45) is 0 Å². The molecule has 106 valence electrons. The van der Waals surface area contributed by atoms with E-state index in [2.05, 4.69) is 26.9 Å². The molecule has 0 saturated heterocycles. The fourth-order valence-corrected chi connectivity index (χ4v) is 2.82. The van der Waals surface area contributed by atoms with Crippen molar-refractivity contribution in [3.63, 3.8) is 0 Å². The molecule has 0 unspecified atom stereocenters. The van der Waals surface area contributed by atoms with Crippen LogP contribution in [0.1, 0.15) is 16.9 Å². The average molecular weight is 344 g/mol. The van der Waals surface area contributed by atoms with Crippen molar-refractivity contribution < 1.29 is 4.42 Å². The van der Waals surface area contributed by atoms with Crippen molar-refractivity contribution in [1.82, 2.24) is 9.30 Å². The standard InChI is InChI=1S/C16H14BrN3O/c1-19(11-13-5-6-16(17)21-13)9-12-10-20-7-3-2-4-15(20)14(12)8-18/h2-7,10H,9,11H2,1H3. The van der Waals surface area contributed by atoms with Gasteiger partial charge in [-0.25, -0.2) is 0 Å². The lowest BCUT2D eigenvalue weighted by Crippen LogP contribution is -2.17. The smallest absolute Gasteiger partial charge is 0.169 e. The Bertz CT molecular complexity index is 812. The van der Waals surface area contributed by atoms with Gasteiger partial charge in [0.1, 0.15) is 11.8 Å². The summed E-state index contributed by atoms with van der Waals surface area (Å²) < 4.78 is 8.24. The summed E-state index contributed by atoms with van der Waals surface area (Å²) in [6, 6.07) is 12.0. The maximum Gasteiger partial charge on any atom is 0.169 e. The molecule has 0 spiro atoms. The van der Waals surface area contributed by atoms with Gasteiger partial charge in [0.25, 0.3) is 0 Å². The third-order valence-electron chi connectivity index (χ3n) is 3.37. The molecule has 0 bridgehead atoms. The highest BCUT2D eigenvalue weighted by molar-refractivity contribution is 9.10. The number of pyridine rings is 1. The molecule has 0 radical (unpaired) electrons. The zero-order valence-electron chi connectivity index (χ0n) is 11.6. The molecule has 21 heavy (non-hydrogen) atoms. The highest BCUT2D eigenvalue weighted by Gasteiger charge is 2.13. The third kappa shape index (κ3) is 2.87. The molecule has 3 heterocycles. The van der Waals surface area contributed by atoms with Crippen LogP contribution in [0.4, 0.5) is 0 Å². The molecule has 0 aliphatic rings. The number of nitriles is 1. The van der Waals surface area contributed by atoms with Crippen molar-refractivity contribution in [2.45, 2.75) is 13.1 Å². The van der Waals surface area contributed by atoms with Gasteiger partial charge in [-0.3, -0.25) is 4.90 Å². The molecule has 0 aliphatic heterocycles. The second-order valence-corrected chi connectivity index (χ2v) is 5.79. The maximum absolute atomic E-state index is 9.40. The minimum Gasteiger partial charge on any atom is -0.453 e. The number of fused-ring (bicyclic) bond motifs is 1. The lowest BCUT2D eigenvalue weighted by Gasteiger charge is -2.14. The summed E-state index contributed by atoms with van der Waals surface area (Å²) in [7, 11) is 2.01. The average Bonchev–Trinajstić information content (AvgIpc) is 3.01. The van der Waals surface area contributed by atoms with Gasteiger partial charge in [0.05, 0.1) is 17.6 Å². The van der Waals surface area contributed by atoms with E-state index < -0.39 is 0 Å². The number of nitrogens with zero attached hydrogens (tertiary/aromatic N) is 3. The van der Waals surface area contributed by atoms with Crippen LogP contribution in [0.2, 0.25) is 0 Å². The molecule has 0 aliphatic carbocycles. The van der Waals surface area contributed by atoms with Gasteiger partial charge in [-0.05, 0) is 47.2 Å². The number of halogens is 1. The monoisotopic (exact) mass is 343 g/mol. The number of aromatic nitrogens is 1. The summed E-state index contributed by atoms with van der Waals surface area (Å²) in [6.07, 6.45) is 3.98. The predicted octanol–water partition coefficient (Wildman–Crippen LogP) is 3.80. The zero-order valence-corrected chi connectivity index (χ0v) is 13.2. The highest BCUT2D eigenvalue weighted by atomic mass is 79.9. The van der Waals surface area contributed by atoms with Crippen LogP contribution in [0, 0.1) is 11.3 Å². The molecular weight excluding hydrogens is 330 g/mol. The Balaban J connectivity index is 1.82. The van der Waals surface area contributed by atoms with Crippen molar-refractivity contribution in [1.29, 1.82) is 5.26 Å². The van der Waals surface area contributed by atoms with Crippen LogP contribution in [-0.4, -0.2) is 16.3 Å². The largest absolute Gasteiger partial charge is 0.453 e. The number of hydrogen-bond acceptors (Lipinski definition) is 3. The van der Waals surface area contributed by atoms with E-state index >= 15 is 0 Å². The number of rotatable bonds is 4.